The van der Waals surface area contributed by atoms with Gasteiger partial charge in [0.1, 0.15) is 4.08 Å². The highest BCUT2D eigenvalue weighted by molar-refractivity contribution is 8.00. The van der Waals surface area contributed by atoms with E-state index >= 15 is 0 Å². The normalized spacial score (nSPS) is 18.6. The smallest absolute Gasteiger partial charge is 0.105 e. The summed E-state index contributed by atoms with van der Waals surface area (Å²) in [4.78, 5) is 0. The van der Waals surface area contributed by atoms with Crippen LogP contribution in [0.15, 0.2) is 0 Å². The summed E-state index contributed by atoms with van der Waals surface area (Å²) >= 11 is 11.9. The fourth-order valence-electron chi connectivity index (χ4n) is 0.480. The van der Waals surface area contributed by atoms with Gasteiger partial charge in [-0.3, -0.25) is 0 Å². The van der Waals surface area contributed by atoms with E-state index in [1.54, 1.807) is 6.92 Å². The SMILES string of the molecule is CC(S)C(O)C(S)(S)CO. The van der Waals surface area contributed by atoms with E-state index in [0.29, 0.717) is 0 Å². The maximum atomic E-state index is 9.27. The van der Waals surface area contributed by atoms with Crippen LogP contribution in [-0.2, 0) is 0 Å². The second-order valence-electron chi connectivity index (χ2n) is 2.22. The lowest BCUT2D eigenvalue weighted by Gasteiger charge is -2.28. The molecule has 0 aliphatic rings. The number of aliphatic hydroxyl groups is 2. The molecule has 0 aliphatic heterocycles. The van der Waals surface area contributed by atoms with E-state index in [4.69, 9.17) is 5.11 Å². The Labute approximate surface area is 77.3 Å². The minimum atomic E-state index is -1.05. The van der Waals surface area contributed by atoms with Crippen LogP contribution in [-0.4, -0.2) is 32.3 Å². The first-order valence-corrected chi connectivity index (χ1v) is 4.24. The summed E-state index contributed by atoms with van der Waals surface area (Å²) in [6.45, 7) is 1.43. The molecule has 0 bridgehead atoms. The minimum Gasteiger partial charge on any atom is -0.394 e. The second kappa shape index (κ2) is 4.11. The molecule has 10 heavy (non-hydrogen) atoms. The summed E-state index contributed by atoms with van der Waals surface area (Å²) in [6, 6.07) is 0. The first kappa shape index (κ1) is 11.0. The molecule has 0 aromatic carbocycles. The van der Waals surface area contributed by atoms with Gasteiger partial charge in [-0.15, -0.1) is 0 Å². The zero-order valence-electron chi connectivity index (χ0n) is 5.60. The van der Waals surface area contributed by atoms with Crippen LogP contribution >= 0.6 is 37.9 Å². The summed E-state index contributed by atoms with van der Waals surface area (Å²) in [7, 11) is 0. The zero-order valence-corrected chi connectivity index (χ0v) is 8.28. The van der Waals surface area contributed by atoms with Crippen LogP contribution in [0.3, 0.4) is 0 Å². The molecule has 2 atom stereocenters. The Balaban J connectivity index is 4.03. The Hall–Kier alpha value is 0.970. The Morgan fingerprint density at radius 1 is 1.50 bits per heavy atom. The molecule has 62 valence electrons. The van der Waals surface area contributed by atoms with Gasteiger partial charge in [-0.25, -0.2) is 0 Å². The van der Waals surface area contributed by atoms with Crippen LogP contribution in [0.5, 0.6) is 0 Å². The lowest BCUT2D eigenvalue weighted by atomic mass is 10.2. The molecule has 0 aromatic heterocycles. The molecular weight excluding hydrogens is 188 g/mol. The molecular formula is C5H12O2S3. The topological polar surface area (TPSA) is 40.5 Å². The lowest BCUT2D eigenvalue weighted by Crippen LogP contribution is -2.40. The number of hydrogen-bond donors (Lipinski definition) is 5. The highest BCUT2D eigenvalue weighted by atomic mass is 32.2. The van der Waals surface area contributed by atoms with Gasteiger partial charge in [0, 0.05) is 5.25 Å². The van der Waals surface area contributed by atoms with Crippen molar-refractivity contribution in [3.63, 3.8) is 0 Å². The maximum absolute atomic E-state index is 9.27. The molecule has 0 saturated carbocycles. The first-order chi connectivity index (χ1) is 4.41. The lowest BCUT2D eigenvalue weighted by molar-refractivity contribution is 0.131. The van der Waals surface area contributed by atoms with Gasteiger partial charge in [-0.2, -0.15) is 37.9 Å². The van der Waals surface area contributed by atoms with E-state index in [-0.39, 0.29) is 11.9 Å². The van der Waals surface area contributed by atoms with Gasteiger partial charge >= 0.3 is 0 Å². The van der Waals surface area contributed by atoms with E-state index in [9.17, 15) is 5.11 Å². The molecule has 0 amide bonds. The van der Waals surface area contributed by atoms with Crippen LogP contribution in [0.1, 0.15) is 6.92 Å². The van der Waals surface area contributed by atoms with Crippen molar-refractivity contribution >= 4 is 37.9 Å². The summed E-state index contributed by atoms with van der Waals surface area (Å²) in [5, 5.41) is 17.7. The number of rotatable bonds is 3. The number of hydrogen-bond acceptors (Lipinski definition) is 5. The van der Waals surface area contributed by atoms with Crippen molar-refractivity contribution in [3.05, 3.63) is 0 Å². The van der Waals surface area contributed by atoms with Crippen molar-refractivity contribution in [3.8, 4) is 0 Å². The molecule has 0 radical (unpaired) electrons. The van der Waals surface area contributed by atoms with Gasteiger partial charge in [-0.05, 0) is 0 Å². The van der Waals surface area contributed by atoms with E-state index in [1.807, 2.05) is 0 Å². The molecule has 0 spiro atoms. The van der Waals surface area contributed by atoms with Crippen LogP contribution in [0.4, 0.5) is 0 Å². The Morgan fingerprint density at radius 2 is 1.90 bits per heavy atom. The molecule has 2 N–H and O–H groups in total. The minimum absolute atomic E-state index is 0.248. The molecule has 0 saturated heterocycles. The molecule has 5 heteroatoms. The van der Waals surface area contributed by atoms with Crippen molar-refractivity contribution in [1.82, 2.24) is 0 Å². The summed E-state index contributed by atoms with van der Waals surface area (Å²) in [5.41, 5.74) is 0. The highest BCUT2D eigenvalue weighted by Crippen LogP contribution is 2.27. The first-order valence-electron chi connectivity index (χ1n) is 2.83. The van der Waals surface area contributed by atoms with Gasteiger partial charge in [0.25, 0.3) is 0 Å². The molecule has 2 nitrogen and oxygen atoms in total. The standard InChI is InChI=1S/C5H12O2S3/c1-3(8)4(7)5(9,10)2-6/h3-4,6-10H,2H2,1H3. The Kier molecular flexibility index (Phi) is 4.51. The fraction of sp³-hybridized carbons (Fsp3) is 1.00. The third-order valence-corrected chi connectivity index (χ3v) is 2.26. The van der Waals surface area contributed by atoms with Crippen molar-refractivity contribution in [1.29, 1.82) is 0 Å². The predicted octanol–water partition coefficient (Wildman–Crippen LogP) is 0.214. The Bertz CT molecular complexity index is 105. The van der Waals surface area contributed by atoms with Gasteiger partial charge in [0.05, 0.1) is 12.7 Å². The molecule has 0 heterocycles. The van der Waals surface area contributed by atoms with Crippen LogP contribution in [0.25, 0.3) is 0 Å². The van der Waals surface area contributed by atoms with Crippen molar-refractivity contribution in [2.45, 2.75) is 22.4 Å². The highest BCUT2D eigenvalue weighted by Gasteiger charge is 2.31. The van der Waals surface area contributed by atoms with E-state index < -0.39 is 10.2 Å². The molecule has 0 rings (SSSR count). The average Bonchev–Trinajstić information content (AvgIpc) is 1.86. The van der Waals surface area contributed by atoms with Crippen LogP contribution < -0.4 is 0 Å². The van der Waals surface area contributed by atoms with E-state index in [2.05, 4.69) is 37.9 Å². The van der Waals surface area contributed by atoms with Gasteiger partial charge < -0.3 is 10.2 Å². The summed E-state index contributed by atoms with van der Waals surface area (Å²) in [5.74, 6) is 0. The zero-order chi connectivity index (χ0) is 8.36. The second-order valence-corrected chi connectivity index (χ2v) is 4.99. The monoisotopic (exact) mass is 200 g/mol. The molecule has 2 unspecified atom stereocenters. The summed E-state index contributed by atoms with van der Waals surface area (Å²) < 4.78 is -1.05. The van der Waals surface area contributed by atoms with Gasteiger partial charge in [0.2, 0.25) is 0 Å². The van der Waals surface area contributed by atoms with E-state index in [1.165, 1.54) is 0 Å². The number of thiol groups is 3. The third-order valence-electron chi connectivity index (χ3n) is 1.16. The van der Waals surface area contributed by atoms with Crippen LogP contribution in [0.2, 0.25) is 0 Å². The quantitative estimate of drug-likeness (QED) is 0.334. The predicted molar refractivity (Wildman–Crippen MR) is 52.2 cm³/mol. The van der Waals surface area contributed by atoms with Crippen molar-refractivity contribution in [2.24, 2.45) is 0 Å². The van der Waals surface area contributed by atoms with E-state index in [0.717, 1.165) is 0 Å². The van der Waals surface area contributed by atoms with Crippen molar-refractivity contribution in [2.75, 3.05) is 6.61 Å². The molecule has 0 aromatic rings. The fourth-order valence-corrected chi connectivity index (χ4v) is 1.42. The van der Waals surface area contributed by atoms with Gasteiger partial charge in [0.15, 0.2) is 0 Å². The summed E-state index contributed by atoms with van der Waals surface area (Å²) in [6.07, 6.45) is -0.826. The molecule has 0 aliphatic carbocycles. The maximum Gasteiger partial charge on any atom is 0.105 e. The van der Waals surface area contributed by atoms with Crippen molar-refractivity contribution < 1.29 is 10.2 Å². The van der Waals surface area contributed by atoms with Crippen LogP contribution in [0, 0.1) is 0 Å². The third kappa shape index (κ3) is 2.92. The van der Waals surface area contributed by atoms with Gasteiger partial charge in [-0.1, -0.05) is 6.92 Å². The molecule has 0 fully saturated rings. The number of aliphatic hydroxyl groups excluding tert-OH is 2. The largest absolute Gasteiger partial charge is 0.394 e. The Morgan fingerprint density at radius 3 is 2.00 bits per heavy atom. The average molecular weight is 200 g/mol.